The molecule has 2 N–H and O–H groups in total. The number of benzene rings is 1. The Bertz CT molecular complexity index is 738. The lowest BCUT2D eigenvalue weighted by Crippen LogP contribution is -2.34. The largest absolute Gasteiger partial charge is 0.364 e. The maximum absolute atomic E-state index is 13.1. The van der Waals surface area contributed by atoms with E-state index in [2.05, 4.69) is 20.8 Å². The molecular weight excluding hydrogens is 347 g/mol. The number of nitrogens with zero attached hydrogens (tertiary/aromatic N) is 2. The van der Waals surface area contributed by atoms with Crippen LogP contribution in [0.1, 0.15) is 35.1 Å². The SMILES string of the molecule is CC[C@H](C)NC(=O)COCc1nnc(C(=O)Nc2cccc(F)c2)s1. The van der Waals surface area contributed by atoms with Gasteiger partial charge in [-0.05, 0) is 31.5 Å². The minimum absolute atomic E-state index is 0.0822. The fraction of sp³-hybridized carbons (Fsp3) is 0.375. The molecule has 7 nitrogen and oxygen atoms in total. The van der Waals surface area contributed by atoms with Crippen molar-refractivity contribution >= 4 is 28.8 Å². The first kappa shape index (κ1) is 18.9. The Morgan fingerprint density at radius 3 is 2.88 bits per heavy atom. The highest BCUT2D eigenvalue weighted by Crippen LogP contribution is 2.14. The van der Waals surface area contributed by atoms with Gasteiger partial charge in [-0.2, -0.15) is 0 Å². The van der Waals surface area contributed by atoms with E-state index in [-0.39, 0.29) is 30.2 Å². The lowest BCUT2D eigenvalue weighted by Gasteiger charge is -2.10. The van der Waals surface area contributed by atoms with Crippen molar-refractivity contribution in [2.75, 3.05) is 11.9 Å². The van der Waals surface area contributed by atoms with Gasteiger partial charge in [-0.15, -0.1) is 10.2 Å². The van der Waals surface area contributed by atoms with Crippen molar-refractivity contribution in [2.45, 2.75) is 32.9 Å². The summed E-state index contributed by atoms with van der Waals surface area (Å²) in [6.45, 7) is 3.88. The third kappa shape index (κ3) is 6.20. The van der Waals surface area contributed by atoms with Gasteiger partial charge >= 0.3 is 0 Å². The Kier molecular flexibility index (Phi) is 6.96. The molecule has 0 spiro atoms. The van der Waals surface area contributed by atoms with Crippen LogP contribution in [0.5, 0.6) is 0 Å². The van der Waals surface area contributed by atoms with Crippen LogP contribution in [0.4, 0.5) is 10.1 Å². The number of carbonyl (C=O) groups excluding carboxylic acids is 2. The second-order valence-electron chi connectivity index (χ2n) is 5.34. The number of carbonyl (C=O) groups is 2. The zero-order chi connectivity index (χ0) is 18.2. The van der Waals surface area contributed by atoms with E-state index in [1.807, 2.05) is 13.8 Å². The summed E-state index contributed by atoms with van der Waals surface area (Å²) in [6.07, 6.45) is 0.839. The summed E-state index contributed by atoms with van der Waals surface area (Å²) in [5.74, 6) is -1.13. The first-order chi connectivity index (χ1) is 12.0. The van der Waals surface area contributed by atoms with Crippen molar-refractivity contribution in [1.82, 2.24) is 15.5 Å². The molecule has 2 amide bonds. The molecule has 1 aromatic carbocycles. The van der Waals surface area contributed by atoms with Gasteiger partial charge in [0.15, 0.2) is 0 Å². The Balaban J connectivity index is 1.81. The van der Waals surface area contributed by atoms with Crippen molar-refractivity contribution < 1.29 is 18.7 Å². The summed E-state index contributed by atoms with van der Waals surface area (Å²) >= 11 is 1.05. The number of rotatable bonds is 8. The Hall–Kier alpha value is -2.39. The molecule has 0 fully saturated rings. The van der Waals surface area contributed by atoms with Gasteiger partial charge < -0.3 is 15.4 Å². The molecule has 1 atom stereocenters. The first-order valence-corrected chi connectivity index (χ1v) is 8.56. The molecule has 1 aromatic heterocycles. The van der Waals surface area contributed by atoms with Gasteiger partial charge in [0.25, 0.3) is 5.91 Å². The maximum atomic E-state index is 13.1. The van der Waals surface area contributed by atoms with E-state index < -0.39 is 11.7 Å². The fourth-order valence-electron chi connectivity index (χ4n) is 1.80. The van der Waals surface area contributed by atoms with Crippen molar-refractivity contribution in [2.24, 2.45) is 0 Å². The molecule has 0 saturated carbocycles. The lowest BCUT2D eigenvalue weighted by molar-refractivity contribution is -0.126. The van der Waals surface area contributed by atoms with E-state index in [9.17, 15) is 14.0 Å². The predicted octanol–water partition coefficient (Wildman–Crippen LogP) is 2.36. The molecule has 1 heterocycles. The van der Waals surface area contributed by atoms with E-state index in [0.717, 1.165) is 17.8 Å². The summed E-state index contributed by atoms with van der Waals surface area (Å²) in [6, 6.07) is 5.65. The van der Waals surface area contributed by atoms with Crippen molar-refractivity contribution in [3.8, 4) is 0 Å². The standard InChI is InChI=1S/C16H19FN4O3S/c1-3-10(2)18-13(22)8-24-9-14-20-21-16(25-14)15(23)19-12-6-4-5-11(17)7-12/h4-7,10H,3,8-9H2,1-2H3,(H,18,22)(H,19,23)/t10-/m0/s1. The van der Waals surface area contributed by atoms with Crippen LogP contribution in [0.15, 0.2) is 24.3 Å². The van der Waals surface area contributed by atoms with Crippen LogP contribution in [-0.2, 0) is 16.1 Å². The van der Waals surface area contributed by atoms with Crippen LogP contribution in [-0.4, -0.2) is 34.7 Å². The molecule has 0 saturated heterocycles. The second-order valence-corrected chi connectivity index (χ2v) is 6.40. The zero-order valence-corrected chi connectivity index (χ0v) is 14.7. The highest BCUT2D eigenvalue weighted by Gasteiger charge is 2.14. The summed E-state index contributed by atoms with van der Waals surface area (Å²) < 4.78 is 18.4. The van der Waals surface area contributed by atoms with E-state index in [1.54, 1.807) is 6.07 Å². The number of anilines is 1. The average Bonchev–Trinajstić information content (AvgIpc) is 3.03. The highest BCUT2D eigenvalue weighted by atomic mass is 32.1. The molecular formula is C16H19FN4O3S. The first-order valence-electron chi connectivity index (χ1n) is 7.74. The molecule has 134 valence electrons. The van der Waals surface area contributed by atoms with Gasteiger partial charge in [0.2, 0.25) is 10.9 Å². The van der Waals surface area contributed by atoms with Gasteiger partial charge in [-0.1, -0.05) is 24.3 Å². The van der Waals surface area contributed by atoms with Gasteiger partial charge in [0, 0.05) is 11.7 Å². The Morgan fingerprint density at radius 1 is 1.36 bits per heavy atom. The van der Waals surface area contributed by atoms with Crippen LogP contribution >= 0.6 is 11.3 Å². The number of nitrogens with one attached hydrogen (secondary N) is 2. The summed E-state index contributed by atoms with van der Waals surface area (Å²) in [7, 11) is 0. The van der Waals surface area contributed by atoms with Crippen molar-refractivity contribution in [3.05, 3.63) is 40.1 Å². The molecule has 25 heavy (non-hydrogen) atoms. The minimum Gasteiger partial charge on any atom is -0.364 e. The molecule has 0 aliphatic heterocycles. The van der Waals surface area contributed by atoms with E-state index in [1.165, 1.54) is 18.2 Å². The number of amides is 2. The van der Waals surface area contributed by atoms with Crippen molar-refractivity contribution in [3.63, 3.8) is 0 Å². The van der Waals surface area contributed by atoms with E-state index in [4.69, 9.17) is 4.74 Å². The monoisotopic (exact) mass is 366 g/mol. The number of halogens is 1. The van der Waals surface area contributed by atoms with Gasteiger partial charge in [-0.3, -0.25) is 9.59 Å². The number of hydrogen-bond donors (Lipinski definition) is 2. The lowest BCUT2D eigenvalue weighted by atomic mass is 10.2. The molecule has 0 aliphatic carbocycles. The average molecular weight is 366 g/mol. The van der Waals surface area contributed by atoms with Crippen LogP contribution in [0, 0.1) is 5.82 Å². The van der Waals surface area contributed by atoms with Crippen LogP contribution in [0.25, 0.3) is 0 Å². The van der Waals surface area contributed by atoms with E-state index >= 15 is 0 Å². The molecule has 0 aliphatic rings. The number of aromatic nitrogens is 2. The van der Waals surface area contributed by atoms with Crippen LogP contribution in [0.3, 0.4) is 0 Å². The summed E-state index contributed by atoms with van der Waals surface area (Å²) in [5.41, 5.74) is 0.333. The van der Waals surface area contributed by atoms with Gasteiger partial charge in [0.05, 0.1) is 0 Å². The second kappa shape index (κ2) is 9.19. The summed E-state index contributed by atoms with van der Waals surface area (Å²) in [4.78, 5) is 23.6. The molecule has 0 radical (unpaired) electrons. The van der Waals surface area contributed by atoms with Crippen molar-refractivity contribution in [1.29, 1.82) is 0 Å². The Morgan fingerprint density at radius 2 is 2.16 bits per heavy atom. The maximum Gasteiger partial charge on any atom is 0.286 e. The van der Waals surface area contributed by atoms with Gasteiger partial charge in [0.1, 0.15) is 24.0 Å². The van der Waals surface area contributed by atoms with Gasteiger partial charge in [-0.25, -0.2) is 4.39 Å². The normalized spacial score (nSPS) is 11.8. The third-order valence-electron chi connectivity index (χ3n) is 3.22. The molecule has 2 rings (SSSR count). The topological polar surface area (TPSA) is 93.2 Å². The third-order valence-corrected chi connectivity index (χ3v) is 4.12. The molecule has 9 heteroatoms. The van der Waals surface area contributed by atoms with Crippen LogP contribution < -0.4 is 10.6 Å². The Labute approximate surface area is 148 Å². The number of hydrogen-bond acceptors (Lipinski definition) is 6. The number of ether oxygens (including phenoxy) is 1. The predicted molar refractivity (Wildman–Crippen MR) is 91.8 cm³/mol. The molecule has 0 bridgehead atoms. The molecule has 2 aromatic rings. The minimum atomic E-state index is -0.483. The zero-order valence-electron chi connectivity index (χ0n) is 13.9. The highest BCUT2D eigenvalue weighted by molar-refractivity contribution is 7.13. The smallest absolute Gasteiger partial charge is 0.286 e. The van der Waals surface area contributed by atoms with Crippen LogP contribution in [0.2, 0.25) is 0 Å². The summed E-state index contributed by atoms with van der Waals surface area (Å²) in [5, 5.41) is 13.5. The fourth-order valence-corrected chi connectivity index (χ4v) is 2.48. The quantitative estimate of drug-likeness (QED) is 0.748. The van der Waals surface area contributed by atoms with E-state index in [0.29, 0.717) is 10.7 Å². The molecule has 0 unspecified atom stereocenters.